The van der Waals surface area contributed by atoms with Crippen LogP contribution in [0.3, 0.4) is 0 Å². The van der Waals surface area contributed by atoms with Gasteiger partial charge in [-0.05, 0) is 51.2 Å². The SMILES string of the molecule is CCOc1cccc2sc(N(CCN(CC)CC)C(=O)COc3ccc(C)cc3)nc12. The molecule has 0 saturated heterocycles. The lowest BCUT2D eigenvalue weighted by Crippen LogP contribution is -2.41. The van der Waals surface area contributed by atoms with Crippen LogP contribution in [0.25, 0.3) is 10.2 Å². The molecule has 0 bridgehead atoms. The zero-order chi connectivity index (χ0) is 22.2. The summed E-state index contributed by atoms with van der Waals surface area (Å²) in [5.41, 5.74) is 1.95. The Hall–Kier alpha value is -2.64. The van der Waals surface area contributed by atoms with Crippen molar-refractivity contribution in [1.29, 1.82) is 0 Å². The Kier molecular flexibility index (Phi) is 8.26. The number of nitrogens with zero attached hydrogens (tertiary/aromatic N) is 3. The number of para-hydroxylation sites is 1. The smallest absolute Gasteiger partial charge is 0.266 e. The molecule has 166 valence electrons. The van der Waals surface area contributed by atoms with Crippen molar-refractivity contribution in [2.24, 2.45) is 0 Å². The molecular formula is C24H31N3O3S. The standard InChI is InChI=1S/C24H31N3O3S/c1-5-26(6-2)15-16-27(22(28)17-30-19-13-11-18(4)12-14-19)24-25-23-20(29-7-3)9-8-10-21(23)31-24/h8-14H,5-7,15-17H2,1-4H3. The largest absolute Gasteiger partial charge is 0.492 e. The lowest BCUT2D eigenvalue weighted by Gasteiger charge is -2.24. The lowest BCUT2D eigenvalue weighted by atomic mass is 10.2. The summed E-state index contributed by atoms with van der Waals surface area (Å²) in [7, 11) is 0. The highest BCUT2D eigenvalue weighted by Crippen LogP contribution is 2.34. The molecule has 0 aliphatic heterocycles. The van der Waals surface area contributed by atoms with Gasteiger partial charge in [0.2, 0.25) is 0 Å². The van der Waals surface area contributed by atoms with Crippen molar-refractivity contribution in [3.05, 3.63) is 48.0 Å². The van der Waals surface area contributed by atoms with Gasteiger partial charge in [0.25, 0.3) is 5.91 Å². The minimum absolute atomic E-state index is 0.0322. The van der Waals surface area contributed by atoms with Gasteiger partial charge in [-0.1, -0.05) is 48.9 Å². The minimum atomic E-state index is -0.107. The molecule has 0 spiro atoms. The third-order valence-corrected chi connectivity index (χ3v) is 6.16. The van der Waals surface area contributed by atoms with Crippen molar-refractivity contribution in [3.8, 4) is 11.5 Å². The Morgan fingerprint density at radius 3 is 2.42 bits per heavy atom. The molecule has 0 fully saturated rings. The second kappa shape index (κ2) is 11.1. The number of aryl methyl sites for hydroxylation is 1. The van der Waals surface area contributed by atoms with Crippen molar-refractivity contribution in [3.63, 3.8) is 0 Å². The van der Waals surface area contributed by atoms with Gasteiger partial charge in [0.05, 0.1) is 11.3 Å². The fraction of sp³-hybridized carbons (Fsp3) is 0.417. The summed E-state index contributed by atoms with van der Waals surface area (Å²) in [5, 5.41) is 0.673. The van der Waals surface area contributed by atoms with Crippen LogP contribution < -0.4 is 14.4 Å². The number of rotatable bonds is 11. The number of benzene rings is 2. The van der Waals surface area contributed by atoms with Crippen LogP contribution in [0.5, 0.6) is 11.5 Å². The second-order valence-electron chi connectivity index (χ2n) is 7.21. The Morgan fingerprint density at radius 2 is 1.74 bits per heavy atom. The zero-order valence-corrected chi connectivity index (χ0v) is 19.6. The monoisotopic (exact) mass is 441 g/mol. The van der Waals surface area contributed by atoms with Gasteiger partial charge in [-0.15, -0.1) is 0 Å². The highest BCUT2D eigenvalue weighted by Gasteiger charge is 2.22. The molecule has 0 aliphatic carbocycles. The molecular weight excluding hydrogens is 410 g/mol. The number of anilines is 1. The number of aromatic nitrogens is 1. The van der Waals surface area contributed by atoms with E-state index < -0.39 is 0 Å². The number of hydrogen-bond acceptors (Lipinski definition) is 6. The van der Waals surface area contributed by atoms with Crippen LogP contribution >= 0.6 is 11.3 Å². The van der Waals surface area contributed by atoms with Crippen LogP contribution in [0.1, 0.15) is 26.3 Å². The molecule has 7 heteroatoms. The van der Waals surface area contributed by atoms with Crippen molar-refractivity contribution < 1.29 is 14.3 Å². The van der Waals surface area contributed by atoms with E-state index in [0.717, 1.165) is 41.2 Å². The van der Waals surface area contributed by atoms with Gasteiger partial charge in [0, 0.05) is 13.1 Å². The Morgan fingerprint density at radius 1 is 1.00 bits per heavy atom. The maximum atomic E-state index is 13.2. The zero-order valence-electron chi connectivity index (χ0n) is 18.8. The van der Waals surface area contributed by atoms with Gasteiger partial charge in [-0.25, -0.2) is 4.98 Å². The molecule has 3 aromatic rings. The molecule has 0 unspecified atom stereocenters. The van der Waals surface area contributed by atoms with E-state index >= 15 is 0 Å². The predicted octanol–water partition coefficient (Wildman–Crippen LogP) is 4.76. The predicted molar refractivity (Wildman–Crippen MR) is 128 cm³/mol. The number of hydrogen-bond donors (Lipinski definition) is 0. The maximum absolute atomic E-state index is 13.2. The molecule has 1 aromatic heterocycles. The number of fused-ring (bicyclic) bond motifs is 1. The minimum Gasteiger partial charge on any atom is -0.492 e. The van der Waals surface area contributed by atoms with Crippen LogP contribution in [-0.4, -0.2) is 55.2 Å². The highest BCUT2D eigenvalue weighted by molar-refractivity contribution is 7.22. The van der Waals surface area contributed by atoms with Crippen LogP contribution in [0, 0.1) is 6.92 Å². The number of carbonyl (C=O) groups is 1. The molecule has 1 amide bonds. The molecule has 0 atom stereocenters. The Balaban J connectivity index is 1.83. The van der Waals surface area contributed by atoms with Crippen LogP contribution in [0.2, 0.25) is 0 Å². The van der Waals surface area contributed by atoms with Crippen molar-refractivity contribution in [2.75, 3.05) is 44.3 Å². The van der Waals surface area contributed by atoms with E-state index in [1.54, 1.807) is 4.90 Å². The molecule has 0 radical (unpaired) electrons. The average molecular weight is 442 g/mol. The molecule has 1 heterocycles. The first kappa shape index (κ1) is 23.0. The van der Waals surface area contributed by atoms with Gasteiger partial charge < -0.3 is 14.4 Å². The van der Waals surface area contributed by atoms with Crippen molar-refractivity contribution in [2.45, 2.75) is 27.7 Å². The number of thiazole rings is 1. The third-order valence-electron chi connectivity index (χ3n) is 5.12. The van der Waals surface area contributed by atoms with E-state index in [1.807, 2.05) is 56.3 Å². The molecule has 3 rings (SSSR count). The van der Waals surface area contributed by atoms with Crippen LogP contribution in [0.15, 0.2) is 42.5 Å². The first-order valence-electron chi connectivity index (χ1n) is 10.8. The summed E-state index contributed by atoms with van der Waals surface area (Å²) in [6, 6.07) is 13.6. The number of likely N-dealkylation sites (N-methyl/N-ethyl adjacent to an activating group) is 1. The lowest BCUT2D eigenvalue weighted by molar-refractivity contribution is -0.120. The first-order valence-corrected chi connectivity index (χ1v) is 11.6. The van der Waals surface area contributed by atoms with Crippen molar-refractivity contribution in [1.82, 2.24) is 9.88 Å². The number of amides is 1. The highest BCUT2D eigenvalue weighted by atomic mass is 32.1. The quantitative estimate of drug-likeness (QED) is 0.430. The Labute approximate surface area is 188 Å². The van der Waals surface area contributed by atoms with Gasteiger partial charge in [0.1, 0.15) is 17.0 Å². The summed E-state index contributed by atoms with van der Waals surface area (Å²) in [4.78, 5) is 22.0. The van der Waals surface area contributed by atoms with Crippen LogP contribution in [-0.2, 0) is 4.79 Å². The summed E-state index contributed by atoms with van der Waals surface area (Å²) >= 11 is 1.50. The average Bonchev–Trinajstić information content (AvgIpc) is 3.21. The van der Waals surface area contributed by atoms with E-state index in [4.69, 9.17) is 14.5 Å². The van der Waals surface area contributed by atoms with E-state index in [2.05, 4.69) is 18.7 Å². The summed E-state index contributed by atoms with van der Waals surface area (Å²) in [5.74, 6) is 1.32. The molecule has 6 nitrogen and oxygen atoms in total. The topological polar surface area (TPSA) is 54.9 Å². The summed E-state index contributed by atoms with van der Waals surface area (Å²) in [6.07, 6.45) is 0. The normalized spacial score (nSPS) is 11.1. The first-order chi connectivity index (χ1) is 15.0. The van der Waals surface area contributed by atoms with Gasteiger partial charge in [0.15, 0.2) is 11.7 Å². The fourth-order valence-corrected chi connectivity index (χ4v) is 4.29. The van der Waals surface area contributed by atoms with E-state index in [0.29, 0.717) is 24.0 Å². The molecule has 0 N–H and O–H groups in total. The number of ether oxygens (including phenoxy) is 2. The van der Waals surface area contributed by atoms with Gasteiger partial charge >= 0.3 is 0 Å². The molecule has 0 saturated carbocycles. The van der Waals surface area contributed by atoms with E-state index in [-0.39, 0.29) is 12.5 Å². The van der Waals surface area contributed by atoms with Gasteiger partial charge in [-0.3, -0.25) is 9.69 Å². The van der Waals surface area contributed by atoms with E-state index in [9.17, 15) is 4.79 Å². The van der Waals surface area contributed by atoms with Crippen molar-refractivity contribution >= 4 is 32.6 Å². The van der Waals surface area contributed by atoms with Gasteiger partial charge in [-0.2, -0.15) is 0 Å². The second-order valence-corrected chi connectivity index (χ2v) is 8.22. The third kappa shape index (κ3) is 5.95. The summed E-state index contributed by atoms with van der Waals surface area (Å²) in [6.45, 7) is 12.0. The fourth-order valence-electron chi connectivity index (χ4n) is 3.26. The molecule has 0 aliphatic rings. The molecule has 31 heavy (non-hydrogen) atoms. The number of carbonyl (C=O) groups excluding carboxylic acids is 1. The molecule has 2 aromatic carbocycles. The maximum Gasteiger partial charge on any atom is 0.266 e. The van der Waals surface area contributed by atoms with Crippen LogP contribution in [0.4, 0.5) is 5.13 Å². The Bertz CT molecular complexity index is 983. The van der Waals surface area contributed by atoms with E-state index in [1.165, 1.54) is 11.3 Å². The summed E-state index contributed by atoms with van der Waals surface area (Å²) < 4.78 is 12.5.